The van der Waals surface area contributed by atoms with Gasteiger partial charge in [0.2, 0.25) is 0 Å². The molecule has 0 aliphatic heterocycles. The van der Waals surface area contributed by atoms with Gasteiger partial charge in [0.05, 0.1) is 11.4 Å². The van der Waals surface area contributed by atoms with Gasteiger partial charge in [-0.25, -0.2) is 4.98 Å². The Kier molecular flexibility index (Phi) is 1.83. The molecule has 2 heterocycles. The van der Waals surface area contributed by atoms with E-state index >= 15 is 0 Å². The third-order valence-electron chi connectivity index (χ3n) is 2.37. The van der Waals surface area contributed by atoms with Crippen LogP contribution in [-0.4, -0.2) is 20.0 Å². The van der Waals surface area contributed by atoms with Crippen molar-refractivity contribution in [3.05, 3.63) is 42.6 Å². The largest absolute Gasteiger partial charge is 0.397 e. The smallest absolute Gasteiger partial charge is 0.183 e. The highest BCUT2D eigenvalue weighted by Gasteiger charge is 2.08. The fourth-order valence-corrected chi connectivity index (χ4v) is 1.61. The fraction of sp³-hybridized carbons (Fsp3) is 0. The van der Waals surface area contributed by atoms with Crippen LogP contribution in [0.1, 0.15) is 0 Å². The molecule has 5 heteroatoms. The van der Waals surface area contributed by atoms with Crippen LogP contribution in [0.4, 0.5) is 5.69 Å². The lowest BCUT2D eigenvalue weighted by Crippen LogP contribution is -2.01. The molecule has 1 aromatic carbocycles. The number of nitrogens with zero attached hydrogens (tertiary/aromatic N) is 4. The summed E-state index contributed by atoms with van der Waals surface area (Å²) in [7, 11) is 0. The number of aromatic nitrogens is 4. The van der Waals surface area contributed by atoms with Gasteiger partial charge in [0, 0.05) is 6.20 Å². The van der Waals surface area contributed by atoms with Crippen molar-refractivity contribution in [3.63, 3.8) is 0 Å². The Balaban J connectivity index is 2.31. The van der Waals surface area contributed by atoms with E-state index < -0.39 is 0 Å². The number of nitrogens with two attached hydrogens (primary N) is 1. The maximum atomic E-state index is 5.89. The molecule has 16 heavy (non-hydrogen) atoms. The van der Waals surface area contributed by atoms with Gasteiger partial charge in [0.1, 0.15) is 5.52 Å². The number of hydrogen-bond donors (Lipinski definition) is 1. The van der Waals surface area contributed by atoms with Crippen LogP contribution < -0.4 is 5.73 Å². The van der Waals surface area contributed by atoms with Crippen molar-refractivity contribution >= 4 is 16.9 Å². The average molecular weight is 211 g/mol. The topological polar surface area (TPSA) is 69.6 Å². The molecule has 78 valence electrons. The molecule has 3 aromatic rings. The van der Waals surface area contributed by atoms with E-state index in [4.69, 9.17) is 5.73 Å². The molecule has 2 N–H and O–H groups in total. The zero-order valence-electron chi connectivity index (χ0n) is 8.41. The molecule has 0 unspecified atom stereocenters. The first-order valence-corrected chi connectivity index (χ1v) is 4.87. The SMILES string of the molecule is Nc1ccccc1-n1nnc2cccnc21. The molecule has 3 rings (SSSR count). The number of para-hydroxylation sites is 2. The predicted octanol–water partition coefficient (Wildman–Crippen LogP) is 1.40. The molecule has 0 radical (unpaired) electrons. The summed E-state index contributed by atoms with van der Waals surface area (Å²) in [5.41, 5.74) is 8.80. The second kappa shape index (κ2) is 3.30. The lowest BCUT2D eigenvalue weighted by atomic mass is 10.3. The molecule has 0 spiro atoms. The van der Waals surface area contributed by atoms with Gasteiger partial charge in [-0.15, -0.1) is 5.10 Å². The summed E-state index contributed by atoms with van der Waals surface area (Å²) in [6, 6.07) is 11.2. The first-order chi connectivity index (χ1) is 7.86. The van der Waals surface area contributed by atoms with E-state index in [1.807, 2.05) is 36.4 Å². The van der Waals surface area contributed by atoms with Crippen molar-refractivity contribution in [2.75, 3.05) is 5.73 Å². The molecule has 5 nitrogen and oxygen atoms in total. The Hall–Kier alpha value is -2.43. The normalized spacial score (nSPS) is 10.8. The van der Waals surface area contributed by atoms with Crippen LogP contribution in [0.25, 0.3) is 16.9 Å². The highest BCUT2D eigenvalue weighted by molar-refractivity contribution is 5.73. The number of benzene rings is 1. The monoisotopic (exact) mass is 211 g/mol. The van der Waals surface area contributed by atoms with Gasteiger partial charge in [-0.2, -0.15) is 4.68 Å². The molecular formula is C11H9N5. The fourth-order valence-electron chi connectivity index (χ4n) is 1.61. The number of pyridine rings is 1. The Morgan fingerprint density at radius 3 is 2.81 bits per heavy atom. The molecule has 0 aliphatic rings. The first-order valence-electron chi connectivity index (χ1n) is 4.87. The first kappa shape index (κ1) is 8.84. The third-order valence-corrected chi connectivity index (χ3v) is 2.37. The second-order valence-electron chi connectivity index (χ2n) is 3.41. The van der Waals surface area contributed by atoms with Crippen molar-refractivity contribution in [1.29, 1.82) is 0 Å². The molecule has 0 bridgehead atoms. The molecule has 0 fully saturated rings. The van der Waals surface area contributed by atoms with Crippen molar-refractivity contribution in [3.8, 4) is 5.69 Å². The number of hydrogen-bond acceptors (Lipinski definition) is 4. The van der Waals surface area contributed by atoms with Crippen LogP contribution in [-0.2, 0) is 0 Å². The van der Waals surface area contributed by atoms with E-state index in [1.165, 1.54) is 0 Å². The average Bonchev–Trinajstić information content (AvgIpc) is 2.74. The minimum Gasteiger partial charge on any atom is -0.397 e. The Labute approximate surface area is 91.5 Å². The van der Waals surface area contributed by atoms with E-state index in [-0.39, 0.29) is 0 Å². The van der Waals surface area contributed by atoms with Gasteiger partial charge < -0.3 is 5.73 Å². The number of anilines is 1. The van der Waals surface area contributed by atoms with Crippen molar-refractivity contribution in [2.45, 2.75) is 0 Å². The summed E-state index contributed by atoms with van der Waals surface area (Å²) in [4.78, 5) is 4.24. The van der Waals surface area contributed by atoms with E-state index in [0.717, 1.165) is 11.2 Å². The lowest BCUT2D eigenvalue weighted by Gasteiger charge is -2.03. The van der Waals surface area contributed by atoms with Crippen molar-refractivity contribution in [2.24, 2.45) is 0 Å². The summed E-state index contributed by atoms with van der Waals surface area (Å²) in [6.45, 7) is 0. The Morgan fingerprint density at radius 1 is 1.06 bits per heavy atom. The summed E-state index contributed by atoms with van der Waals surface area (Å²) in [5.74, 6) is 0. The zero-order chi connectivity index (χ0) is 11.0. The van der Waals surface area contributed by atoms with Crippen LogP contribution in [0.3, 0.4) is 0 Å². The minimum atomic E-state index is 0.653. The molecule has 0 saturated carbocycles. The summed E-state index contributed by atoms with van der Waals surface area (Å²) >= 11 is 0. The van der Waals surface area contributed by atoms with E-state index in [9.17, 15) is 0 Å². The number of rotatable bonds is 1. The molecular weight excluding hydrogens is 202 g/mol. The Bertz CT molecular complexity index is 643. The standard InChI is InChI=1S/C11H9N5/c12-8-4-1-2-6-10(8)16-11-9(14-15-16)5-3-7-13-11/h1-7H,12H2. The lowest BCUT2D eigenvalue weighted by molar-refractivity contribution is 0.819. The van der Waals surface area contributed by atoms with Gasteiger partial charge in [0.15, 0.2) is 5.65 Å². The summed E-state index contributed by atoms with van der Waals surface area (Å²) < 4.78 is 1.64. The number of fused-ring (bicyclic) bond motifs is 1. The minimum absolute atomic E-state index is 0.653. The van der Waals surface area contributed by atoms with Crippen LogP contribution in [0.15, 0.2) is 42.6 Å². The second-order valence-corrected chi connectivity index (χ2v) is 3.41. The molecule has 0 atom stereocenters. The predicted molar refractivity (Wildman–Crippen MR) is 61.1 cm³/mol. The van der Waals surface area contributed by atoms with Gasteiger partial charge in [-0.3, -0.25) is 0 Å². The van der Waals surface area contributed by atoms with Crippen molar-refractivity contribution in [1.82, 2.24) is 20.0 Å². The highest BCUT2D eigenvalue weighted by Crippen LogP contribution is 2.18. The third kappa shape index (κ3) is 1.22. The van der Waals surface area contributed by atoms with Gasteiger partial charge in [-0.1, -0.05) is 17.3 Å². The molecule has 0 amide bonds. The molecule has 2 aromatic heterocycles. The highest BCUT2D eigenvalue weighted by atomic mass is 15.4. The van der Waals surface area contributed by atoms with Gasteiger partial charge in [0.25, 0.3) is 0 Å². The van der Waals surface area contributed by atoms with Gasteiger partial charge in [-0.05, 0) is 24.3 Å². The van der Waals surface area contributed by atoms with E-state index in [0.29, 0.717) is 11.3 Å². The maximum absolute atomic E-state index is 5.89. The maximum Gasteiger partial charge on any atom is 0.183 e. The van der Waals surface area contributed by atoms with E-state index in [1.54, 1.807) is 10.9 Å². The Morgan fingerprint density at radius 2 is 1.94 bits per heavy atom. The quantitative estimate of drug-likeness (QED) is 0.617. The van der Waals surface area contributed by atoms with E-state index in [2.05, 4.69) is 15.3 Å². The van der Waals surface area contributed by atoms with Crippen LogP contribution in [0.5, 0.6) is 0 Å². The van der Waals surface area contributed by atoms with Gasteiger partial charge >= 0.3 is 0 Å². The summed E-state index contributed by atoms with van der Waals surface area (Å²) in [5, 5.41) is 8.08. The van der Waals surface area contributed by atoms with Crippen LogP contribution in [0, 0.1) is 0 Å². The molecule has 0 aliphatic carbocycles. The van der Waals surface area contributed by atoms with Crippen molar-refractivity contribution < 1.29 is 0 Å². The van der Waals surface area contributed by atoms with Crippen LogP contribution >= 0.6 is 0 Å². The summed E-state index contributed by atoms with van der Waals surface area (Å²) in [6.07, 6.45) is 1.71. The zero-order valence-corrected chi connectivity index (χ0v) is 8.41. The molecule has 0 saturated heterocycles. The van der Waals surface area contributed by atoms with Crippen LogP contribution in [0.2, 0.25) is 0 Å². The number of nitrogen functional groups attached to an aromatic ring is 1.